The molecule has 5 N–H and O–H groups in total. The van der Waals surface area contributed by atoms with E-state index in [2.05, 4.69) is 4.98 Å². The average molecular weight is 396 g/mol. The Morgan fingerprint density at radius 3 is 1.96 bits per heavy atom. The molecule has 2 unspecified atom stereocenters. The minimum atomic E-state index is -5.08. The first kappa shape index (κ1) is 22.9. The highest BCUT2D eigenvalue weighted by molar-refractivity contribution is 6.31. The summed E-state index contributed by atoms with van der Waals surface area (Å²) in [5, 5.41) is 6.93. The molecule has 1 heterocycles. The van der Waals surface area contributed by atoms with E-state index in [0.717, 1.165) is 6.07 Å². The molecule has 25 heavy (non-hydrogen) atoms. The fourth-order valence-electron chi connectivity index (χ4n) is 1.36. The number of nitrogens with zero attached hydrogens (tertiary/aromatic N) is 1. The molecule has 142 valence electrons. The number of primary amides is 1. The first-order valence-corrected chi connectivity index (χ1v) is 6.54. The summed E-state index contributed by atoms with van der Waals surface area (Å²) >= 11 is 5.71. The number of carbonyl (C=O) groups is 2. The van der Waals surface area contributed by atoms with Gasteiger partial charge in [0.15, 0.2) is 0 Å². The maximum atomic E-state index is 12.4. The molecule has 2 atom stereocenters. The van der Waals surface area contributed by atoms with Gasteiger partial charge in [-0.25, -0.2) is 4.79 Å². The van der Waals surface area contributed by atoms with Gasteiger partial charge in [-0.05, 0) is 6.07 Å². The number of pyridine rings is 1. The summed E-state index contributed by atoms with van der Waals surface area (Å²) in [4.78, 5) is 23.4. The van der Waals surface area contributed by atoms with Gasteiger partial charge >= 0.3 is 18.3 Å². The third-order valence-corrected chi connectivity index (χ3v) is 3.04. The van der Waals surface area contributed by atoms with Crippen LogP contribution in [0.4, 0.5) is 26.3 Å². The normalized spacial score (nSPS) is 14.1. The van der Waals surface area contributed by atoms with E-state index in [1.54, 1.807) is 0 Å². The summed E-state index contributed by atoms with van der Waals surface area (Å²) in [6.07, 6.45) is -8.96. The van der Waals surface area contributed by atoms with Crippen LogP contribution in [0.1, 0.15) is 24.1 Å². The van der Waals surface area contributed by atoms with E-state index in [4.69, 9.17) is 33.0 Å². The molecule has 0 saturated carbocycles. The minimum absolute atomic E-state index is 0.107. The lowest BCUT2D eigenvalue weighted by atomic mass is 9.97. The van der Waals surface area contributed by atoms with Crippen LogP contribution in [0.5, 0.6) is 0 Å². The second-order valence-corrected chi connectivity index (χ2v) is 5.02. The van der Waals surface area contributed by atoms with Crippen LogP contribution in [0.15, 0.2) is 12.3 Å². The van der Waals surface area contributed by atoms with Crippen molar-refractivity contribution in [2.45, 2.75) is 31.2 Å². The van der Waals surface area contributed by atoms with Crippen LogP contribution in [0.25, 0.3) is 0 Å². The number of nitrogens with two attached hydrogens (primary N) is 2. The van der Waals surface area contributed by atoms with E-state index in [-0.39, 0.29) is 10.7 Å². The first-order chi connectivity index (χ1) is 11.1. The van der Waals surface area contributed by atoms with Crippen LogP contribution in [0, 0.1) is 0 Å². The van der Waals surface area contributed by atoms with Gasteiger partial charge in [0.05, 0.1) is 22.3 Å². The zero-order valence-electron chi connectivity index (χ0n) is 12.3. The van der Waals surface area contributed by atoms with Gasteiger partial charge in [0.2, 0.25) is 5.91 Å². The van der Waals surface area contributed by atoms with Gasteiger partial charge in [-0.3, -0.25) is 9.78 Å². The topological polar surface area (TPSA) is 119 Å². The number of carbonyl (C=O) groups excluding carboxylic acids is 1. The van der Waals surface area contributed by atoms with E-state index >= 15 is 0 Å². The van der Waals surface area contributed by atoms with Crippen LogP contribution in [-0.4, -0.2) is 34.2 Å². The SMILES string of the molecule is CC(c1ncc(C(F)(F)F)cc1Cl)C(N)C(N)=O.O=C(O)C(F)(F)F. The largest absolute Gasteiger partial charge is 0.490 e. The number of hydrogen-bond donors (Lipinski definition) is 3. The van der Waals surface area contributed by atoms with Crippen molar-refractivity contribution in [2.24, 2.45) is 11.5 Å². The van der Waals surface area contributed by atoms with Crippen LogP contribution in [-0.2, 0) is 15.8 Å². The number of carboxylic acid groups (broad SMARTS) is 1. The summed E-state index contributed by atoms with van der Waals surface area (Å²) in [7, 11) is 0. The van der Waals surface area contributed by atoms with Crippen molar-refractivity contribution in [3.63, 3.8) is 0 Å². The molecule has 0 aliphatic heterocycles. The maximum absolute atomic E-state index is 12.4. The molecule has 1 aromatic rings. The summed E-state index contributed by atoms with van der Waals surface area (Å²) in [6, 6.07) is -0.319. The Morgan fingerprint density at radius 1 is 1.24 bits per heavy atom. The van der Waals surface area contributed by atoms with E-state index in [0.29, 0.717) is 6.20 Å². The Kier molecular flexibility index (Phi) is 7.64. The van der Waals surface area contributed by atoms with E-state index in [1.807, 2.05) is 0 Å². The Morgan fingerprint density at radius 2 is 1.68 bits per heavy atom. The minimum Gasteiger partial charge on any atom is -0.475 e. The second kappa shape index (κ2) is 8.34. The number of carboxylic acids is 1. The van der Waals surface area contributed by atoms with Crippen LogP contribution in [0.3, 0.4) is 0 Å². The molecule has 0 fully saturated rings. The van der Waals surface area contributed by atoms with Crippen molar-refractivity contribution in [2.75, 3.05) is 0 Å². The number of hydrogen-bond acceptors (Lipinski definition) is 4. The van der Waals surface area contributed by atoms with E-state index < -0.39 is 41.8 Å². The number of aliphatic carboxylic acids is 1. The summed E-state index contributed by atoms with van der Waals surface area (Å²) in [6.45, 7) is 1.51. The lowest BCUT2D eigenvalue weighted by Gasteiger charge is -2.18. The van der Waals surface area contributed by atoms with Crippen molar-refractivity contribution in [3.8, 4) is 0 Å². The molecule has 1 aromatic heterocycles. The summed E-state index contributed by atoms with van der Waals surface area (Å²) < 4.78 is 68.9. The monoisotopic (exact) mass is 395 g/mol. The van der Waals surface area contributed by atoms with Crippen LogP contribution in [0.2, 0.25) is 5.02 Å². The Labute approximate surface area is 141 Å². The van der Waals surface area contributed by atoms with Crippen molar-refractivity contribution < 1.29 is 41.0 Å². The first-order valence-electron chi connectivity index (χ1n) is 6.16. The number of halogens is 7. The highest BCUT2D eigenvalue weighted by Crippen LogP contribution is 2.33. The van der Waals surface area contributed by atoms with Crippen molar-refractivity contribution in [3.05, 3.63) is 28.5 Å². The molecule has 0 bridgehead atoms. The smallest absolute Gasteiger partial charge is 0.475 e. The predicted octanol–water partition coefficient (Wildman–Crippen LogP) is 2.30. The quantitative estimate of drug-likeness (QED) is 0.678. The fourth-order valence-corrected chi connectivity index (χ4v) is 1.69. The molecule has 0 saturated heterocycles. The Balaban J connectivity index is 0.000000697. The molecule has 1 rings (SSSR count). The van der Waals surface area contributed by atoms with Gasteiger partial charge in [0.25, 0.3) is 0 Å². The molecule has 0 aliphatic carbocycles. The maximum Gasteiger partial charge on any atom is 0.490 e. The molecular weight excluding hydrogens is 384 g/mol. The van der Waals surface area contributed by atoms with Crippen LogP contribution < -0.4 is 11.5 Å². The summed E-state index contributed by atoms with van der Waals surface area (Å²) in [5.41, 5.74) is 9.64. The summed E-state index contributed by atoms with van der Waals surface area (Å²) in [5.74, 6) is -4.20. The van der Waals surface area contributed by atoms with Gasteiger partial charge in [-0.15, -0.1) is 0 Å². The molecular formula is C12H12ClF6N3O3. The lowest BCUT2D eigenvalue weighted by molar-refractivity contribution is -0.192. The molecule has 13 heteroatoms. The third kappa shape index (κ3) is 7.13. The van der Waals surface area contributed by atoms with Crippen LogP contribution >= 0.6 is 11.6 Å². The van der Waals surface area contributed by atoms with Crippen molar-refractivity contribution >= 4 is 23.5 Å². The van der Waals surface area contributed by atoms with Gasteiger partial charge < -0.3 is 16.6 Å². The van der Waals surface area contributed by atoms with Gasteiger partial charge in [0.1, 0.15) is 0 Å². The highest BCUT2D eigenvalue weighted by Gasteiger charge is 2.38. The number of aromatic nitrogens is 1. The molecule has 0 aliphatic rings. The fraction of sp³-hybridized carbons (Fsp3) is 0.417. The van der Waals surface area contributed by atoms with Crippen molar-refractivity contribution in [1.29, 1.82) is 0 Å². The predicted molar refractivity (Wildman–Crippen MR) is 73.5 cm³/mol. The molecule has 1 amide bonds. The Hall–Kier alpha value is -2.08. The zero-order valence-corrected chi connectivity index (χ0v) is 13.1. The molecule has 0 radical (unpaired) electrons. The van der Waals surface area contributed by atoms with Gasteiger partial charge in [-0.1, -0.05) is 18.5 Å². The Bertz CT molecular complexity index is 636. The second-order valence-electron chi connectivity index (χ2n) is 4.61. The van der Waals surface area contributed by atoms with Gasteiger partial charge in [-0.2, -0.15) is 26.3 Å². The van der Waals surface area contributed by atoms with Crippen molar-refractivity contribution in [1.82, 2.24) is 4.98 Å². The van der Waals surface area contributed by atoms with E-state index in [1.165, 1.54) is 6.92 Å². The highest BCUT2D eigenvalue weighted by atomic mass is 35.5. The molecule has 6 nitrogen and oxygen atoms in total. The van der Waals surface area contributed by atoms with Gasteiger partial charge in [0, 0.05) is 12.1 Å². The average Bonchev–Trinajstić information content (AvgIpc) is 2.44. The zero-order chi connectivity index (χ0) is 20.2. The lowest BCUT2D eigenvalue weighted by Crippen LogP contribution is -2.40. The molecule has 0 spiro atoms. The number of amides is 1. The number of rotatable bonds is 3. The van der Waals surface area contributed by atoms with E-state index in [9.17, 15) is 31.1 Å². The standard InChI is InChI=1S/C10H11ClF3N3O.C2HF3O2/c1-4(7(15)9(16)18)8-6(11)2-5(3-17-8)10(12,13)14;3-2(4,5)1(6)7/h2-4,7H,15H2,1H3,(H2,16,18);(H,6,7). The third-order valence-electron chi connectivity index (χ3n) is 2.74. The molecule has 0 aromatic carbocycles. The number of alkyl halides is 6.